The maximum absolute atomic E-state index is 13.1. The second-order valence-electron chi connectivity index (χ2n) is 6.65. The van der Waals surface area contributed by atoms with E-state index in [4.69, 9.17) is 11.6 Å². The van der Waals surface area contributed by atoms with E-state index in [2.05, 4.69) is 10.4 Å². The molecule has 1 N–H and O–H groups in total. The summed E-state index contributed by atoms with van der Waals surface area (Å²) in [5, 5.41) is 7.08. The van der Waals surface area contributed by atoms with E-state index in [1.807, 2.05) is 38.1 Å². The lowest BCUT2D eigenvalue weighted by Gasteiger charge is -2.13. The van der Waals surface area contributed by atoms with Crippen LogP contribution in [0.15, 0.2) is 52.1 Å². The minimum absolute atomic E-state index is 0.0266. The third kappa shape index (κ3) is 4.14. The third-order valence-electron chi connectivity index (χ3n) is 4.60. The SMILES string of the molecule is CCNC(=O)c1nn(-c2ccc(C)c(Cl)c2)c(=O)n(Cc2ccccc2C)c1=O. The molecule has 0 unspecified atom stereocenters. The number of carbonyl (C=O) groups is 1. The number of carbonyl (C=O) groups excluding carboxylic acids is 1. The summed E-state index contributed by atoms with van der Waals surface area (Å²) in [6, 6.07) is 12.4. The van der Waals surface area contributed by atoms with Gasteiger partial charge in [-0.05, 0) is 49.6 Å². The maximum Gasteiger partial charge on any atom is 0.352 e. The van der Waals surface area contributed by atoms with Gasteiger partial charge < -0.3 is 5.32 Å². The second-order valence-corrected chi connectivity index (χ2v) is 7.06. The van der Waals surface area contributed by atoms with Crippen LogP contribution in [0.3, 0.4) is 0 Å². The van der Waals surface area contributed by atoms with Crippen molar-refractivity contribution in [3.05, 3.63) is 90.7 Å². The van der Waals surface area contributed by atoms with Gasteiger partial charge in [0.15, 0.2) is 0 Å². The van der Waals surface area contributed by atoms with Crippen molar-refractivity contribution in [2.75, 3.05) is 6.54 Å². The number of aromatic nitrogens is 3. The monoisotopic (exact) mass is 412 g/mol. The van der Waals surface area contributed by atoms with Gasteiger partial charge in [-0.3, -0.25) is 14.2 Å². The Bertz CT molecular complexity index is 1200. The van der Waals surface area contributed by atoms with Crippen molar-refractivity contribution >= 4 is 17.5 Å². The number of nitrogens with zero attached hydrogens (tertiary/aromatic N) is 3. The van der Waals surface area contributed by atoms with Crippen LogP contribution in [0.2, 0.25) is 5.02 Å². The Morgan fingerprint density at radius 2 is 1.83 bits per heavy atom. The fourth-order valence-electron chi connectivity index (χ4n) is 2.88. The van der Waals surface area contributed by atoms with Crippen molar-refractivity contribution in [2.24, 2.45) is 0 Å². The Kier molecular flexibility index (Phi) is 5.98. The molecule has 1 aromatic heterocycles. The number of nitrogens with one attached hydrogen (secondary N) is 1. The van der Waals surface area contributed by atoms with Crippen molar-refractivity contribution in [2.45, 2.75) is 27.3 Å². The van der Waals surface area contributed by atoms with Crippen LogP contribution in [0.25, 0.3) is 5.69 Å². The first-order valence-electron chi connectivity index (χ1n) is 9.17. The molecule has 0 fully saturated rings. The van der Waals surface area contributed by atoms with E-state index in [0.717, 1.165) is 25.9 Å². The van der Waals surface area contributed by atoms with Gasteiger partial charge in [0.1, 0.15) is 0 Å². The molecule has 3 rings (SSSR count). The molecule has 0 atom stereocenters. The molecular weight excluding hydrogens is 392 g/mol. The quantitative estimate of drug-likeness (QED) is 0.697. The predicted molar refractivity (Wildman–Crippen MR) is 112 cm³/mol. The molecule has 0 bridgehead atoms. The number of amides is 1. The summed E-state index contributed by atoms with van der Waals surface area (Å²) in [5.74, 6) is -0.636. The predicted octanol–water partition coefficient (Wildman–Crippen LogP) is 2.46. The average molecular weight is 413 g/mol. The molecular formula is C21H21ClN4O3. The van der Waals surface area contributed by atoms with E-state index in [1.54, 1.807) is 25.1 Å². The minimum atomic E-state index is -0.737. The molecule has 0 radical (unpaired) electrons. The Hall–Kier alpha value is -3.19. The van der Waals surface area contributed by atoms with Crippen LogP contribution in [0.4, 0.5) is 0 Å². The Labute approximate surface area is 172 Å². The molecule has 0 aliphatic heterocycles. The van der Waals surface area contributed by atoms with Crippen LogP contribution in [0.5, 0.6) is 0 Å². The highest BCUT2D eigenvalue weighted by Crippen LogP contribution is 2.18. The maximum atomic E-state index is 13.1. The van der Waals surface area contributed by atoms with Crippen LogP contribution < -0.4 is 16.6 Å². The number of benzene rings is 2. The molecule has 29 heavy (non-hydrogen) atoms. The lowest BCUT2D eigenvalue weighted by atomic mass is 10.1. The molecule has 1 heterocycles. The van der Waals surface area contributed by atoms with Gasteiger partial charge in [-0.15, -0.1) is 0 Å². The summed E-state index contributed by atoms with van der Waals surface area (Å²) in [6.45, 7) is 5.82. The Morgan fingerprint density at radius 1 is 1.10 bits per heavy atom. The largest absolute Gasteiger partial charge is 0.352 e. The van der Waals surface area contributed by atoms with Gasteiger partial charge in [0.05, 0.1) is 12.2 Å². The normalized spacial score (nSPS) is 10.8. The molecule has 150 valence electrons. The summed E-state index contributed by atoms with van der Waals surface area (Å²) >= 11 is 6.20. The van der Waals surface area contributed by atoms with E-state index in [-0.39, 0.29) is 12.2 Å². The van der Waals surface area contributed by atoms with Crippen LogP contribution in [0, 0.1) is 13.8 Å². The van der Waals surface area contributed by atoms with E-state index >= 15 is 0 Å². The van der Waals surface area contributed by atoms with E-state index < -0.39 is 17.2 Å². The number of rotatable bonds is 5. The van der Waals surface area contributed by atoms with Crippen LogP contribution in [0.1, 0.15) is 34.1 Å². The van der Waals surface area contributed by atoms with Crippen molar-refractivity contribution in [3.63, 3.8) is 0 Å². The Morgan fingerprint density at radius 3 is 2.48 bits per heavy atom. The van der Waals surface area contributed by atoms with Crippen molar-refractivity contribution in [1.82, 2.24) is 19.7 Å². The zero-order valence-electron chi connectivity index (χ0n) is 16.4. The van der Waals surface area contributed by atoms with Gasteiger partial charge in [0.25, 0.3) is 11.5 Å². The molecule has 0 aliphatic rings. The highest BCUT2D eigenvalue weighted by atomic mass is 35.5. The molecule has 2 aromatic carbocycles. The molecule has 0 saturated heterocycles. The lowest BCUT2D eigenvalue weighted by Crippen LogP contribution is -2.46. The lowest BCUT2D eigenvalue weighted by molar-refractivity contribution is 0.0946. The Balaban J connectivity index is 2.26. The fourth-order valence-corrected chi connectivity index (χ4v) is 3.06. The minimum Gasteiger partial charge on any atom is -0.351 e. The van der Waals surface area contributed by atoms with Gasteiger partial charge in [-0.25, -0.2) is 4.79 Å². The van der Waals surface area contributed by atoms with Crippen molar-refractivity contribution in [1.29, 1.82) is 0 Å². The number of hydrogen-bond acceptors (Lipinski definition) is 4. The van der Waals surface area contributed by atoms with Crippen molar-refractivity contribution in [3.8, 4) is 5.69 Å². The number of hydrogen-bond donors (Lipinski definition) is 1. The summed E-state index contributed by atoms with van der Waals surface area (Å²) in [6.07, 6.45) is 0. The summed E-state index contributed by atoms with van der Waals surface area (Å²) in [5.41, 5.74) is 1.20. The highest BCUT2D eigenvalue weighted by Gasteiger charge is 2.20. The second kappa shape index (κ2) is 8.45. The molecule has 8 heteroatoms. The molecule has 1 amide bonds. The number of halogens is 1. The molecule has 0 aliphatic carbocycles. The first-order chi connectivity index (χ1) is 13.8. The zero-order valence-corrected chi connectivity index (χ0v) is 17.2. The molecule has 7 nitrogen and oxygen atoms in total. The molecule has 0 saturated carbocycles. The topological polar surface area (TPSA) is 86.0 Å². The van der Waals surface area contributed by atoms with E-state index in [1.165, 1.54) is 0 Å². The van der Waals surface area contributed by atoms with Gasteiger partial charge in [0, 0.05) is 11.6 Å². The first-order valence-corrected chi connectivity index (χ1v) is 9.54. The smallest absolute Gasteiger partial charge is 0.351 e. The molecule has 0 spiro atoms. The fraction of sp³-hybridized carbons (Fsp3) is 0.238. The average Bonchev–Trinajstić information content (AvgIpc) is 2.69. The van der Waals surface area contributed by atoms with Crippen LogP contribution in [-0.2, 0) is 6.54 Å². The van der Waals surface area contributed by atoms with Gasteiger partial charge >= 0.3 is 5.69 Å². The number of aryl methyl sites for hydroxylation is 2. The first kappa shape index (κ1) is 20.5. The summed E-state index contributed by atoms with van der Waals surface area (Å²) in [7, 11) is 0. The van der Waals surface area contributed by atoms with Crippen molar-refractivity contribution < 1.29 is 4.79 Å². The third-order valence-corrected chi connectivity index (χ3v) is 5.01. The summed E-state index contributed by atoms with van der Waals surface area (Å²) in [4.78, 5) is 38.5. The zero-order chi connectivity index (χ0) is 21.1. The molecule has 3 aromatic rings. The van der Waals surface area contributed by atoms with Crippen LogP contribution >= 0.6 is 11.6 Å². The van der Waals surface area contributed by atoms with Gasteiger partial charge in [-0.2, -0.15) is 9.78 Å². The van der Waals surface area contributed by atoms with Gasteiger partial charge in [-0.1, -0.05) is 41.9 Å². The standard InChI is InChI=1S/C21H21ClN4O3/c1-4-23-19(27)18-20(28)25(12-15-8-6-5-7-13(15)2)21(29)26(24-18)16-10-9-14(3)17(22)11-16/h5-11H,4,12H2,1-3H3,(H,23,27). The van der Waals surface area contributed by atoms with Gasteiger partial charge in [0.2, 0.25) is 5.69 Å². The van der Waals surface area contributed by atoms with E-state index in [9.17, 15) is 14.4 Å². The highest BCUT2D eigenvalue weighted by molar-refractivity contribution is 6.31. The van der Waals surface area contributed by atoms with E-state index in [0.29, 0.717) is 17.3 Å². The summed E-state index contributed by atoms with van der Waals surface area (Å²) < 4.78 is 2.06. The van der Waals surface area contributed by atoms with Crippen LogP contribution in [-0.4, -0.2) is 26.8 Å².